The molecule has 0 spiro atoms. The van der Waals surface area contributed by atoms with E-state index in [2.05, 4.69) is 39.3 Å². The lowest BCUT2D eigenvalue weighted by atomic mass is 10.1. The second-order valence-corrected chi connectivity index (χ2v) is 22.6. The van der Waals surface area contributed by atoms with Gasteiger partial charge >= 0.3 is 0 Å². The van der Waals surface area contributed by atoms with Gasteiger partial charge in [0.25, 0.3) is 5.97 Å². The lowest BCUT2D eigenvalue weighted by Crippen LogP contribution is -2.33. The van der Waals surface area contributed by atoms with Crippen molar-refractivity contribution >= 4 is 30.9 Å². The molecule has 0 heterocycles. The van der Waals surface area contributed by atoms with Gasteiger partial charge in [-0.15, -0.1) is 0 Å². The minimum absolute atomic E-state index is 0.176. The molecule has 1 aromatic carbocycles. The zero-order valence-electron chi connectivity index (χ0n) is 17.2. The van der Waals surface area contributed by atoms with Gasteiger partial charge in [0.2, 0.25) is 16.6 Å². The fourth-order valence-corrected chi connectivity index (χ4v) is 4.98. The first-order valence-electron chi connectivity index (χ1n) is 8.83. The third kappa shape index (κ3) is 9.98. The normalized spacial score (nSPS) is 14.1. The van der Waals surface area contributed by atoms with Gasteiger partial charge in [0.1, 0.15) is 5.75 Å². The lowest BCUT2D eigenvalue weighted by Gasteiger charge is -2.28. The van der Waals surface area contributed by atoms with Crippen LogP contribution in [0, 0.1) is 0 Å². The fraction of sp³-hybridized carbons (Fsp3) is 0.611. The van der Waals surface area contributed by atoms with Crippen LogP contribution in [0.3, 0.4) is 0 Å². The standard InChI is InChI=1S/C18H34O4Si3/c1-23(2,3)20-16-12-10-15(11-13-16)17(21-24(4,5)6)14-18(19)22-25(7,8)9/h10-13,17H,14H2,1-9H3. The Balaban J connectivity index is 2.94. The quantitative estimate of drug-likeness (QED) is 0.538. The minimum Gasteiger partial charge on any atom is -0.544 e. The first kappa shape index (κ1) is 22.1. The van der Waals surface area contributed by atoms with E-state index in [1.807, 2.05) is 43.9 Å². The summed E-state index contributed by atoms with van der Waals surface area (Å²) in [4.78, 5) is 12.3. The third-order valence-corrected chi connectivity index (χ3v) is 5.62. The molecule has 1 atom stereocenters. The molecule has 0 aliphatic rings. The molecule has 0 amide bonds. The summed E-state index contributed by atoms with van der Waals surface area (Å²) in [5.41, 5.74) is 0.998. The lowest BCUT2D eigenvalue weighted by molar-refractivity contribution is -0.137. The molecular formula is C18H34O4Si3. The van der Waals surface area contributed by atoms with E-state index in [0.29, 0.717) is 0 Å². The van der Waals surface area contributed by atoms with Crippen LogP contribution in [0.25, 0.3) is 0 Å². The highest BCUT2D eigenvalue weighted by molar-refractivity contribution is 6.71. The molecule has 25 heavy (non-hydrogen) atoms. The molecule has 0 saturated heterocycles. The molecule has 0 N–H and O–H groups in total. The second kappa shape index (κ2) is 8.20. The number of rotatable bonds is 8. The highest BCUT2D eigenvalue weighted by Gasteiger charge is 2.28. The maximum Gasteiger partial charge on any atom is 0.295 e. The molecule has 0 bridgehead atoms. The number of hydrogen-bond acceptors (Lipinski definition) is 4. The first-order chi connectivity index (χ1) is 11.1. The summed E-state index contributed by atoms with van der Waals surface area (Å²) < 4.78 is 17.9. The van der Waals surface area contributed by atoms with Crippen LogP contribution in [-0.2, 0) is 13.6 Å². The molecule has 1 aromatic rings. The van der Waals surface area contributed by atoms with Crippen LogP contribution in [0.2, 0.25) is 58.9 Å². The van der Waals surface area contributed by atoms with Crippen LogP contribution in [0.5, 0.6) is 5.75 Å². The molecule has 0 radical (unpaired) electrons. The Hall–Kier alpha value is -0.899. The number of hydrogen-bond donors (Lipinski definition) is 0. The number of carbonyl (C=O) groups is 1. The molecular weight excluding hydrogens is 364 g/mol. The van der Waals surface area contributed by atoms with E-state index in [1.54, 1.807) is 0 Å². The van der Waals surface area contributed by atoms with E-state index >= 15 is 0 Å². The van der Waals surface area contributed by atoms with Gasteiger partial charge in [-0.1, -0.05) is 12.1 Å². The molecule has 0 fully saturated rings. The van der Waals surface area contributed by atoms with Crippen molar-refractivity contribution in [2.24, 2.45) is 0 Å². The Kier molecular flexibility index (Phi) is 7.26. The number of carbonyl (C=O) groups excluding carboxylic acids is 1. The Bertz CT molecular complexity index is 566. The smallest absolute Gasteiger partial charge is 0.295 e. The van der Waals surface area contributed by atoms with Crippen LogP contribution in [0.15, 0.2) is 24.3 Å². The zero-order chi connectivity index (χ0) is 19.5. The molecule has 0 aliphatic heterocycles. The molecule has 0 aliphatic carbocycles. The summed E-state index contributed by atoms with van der Waals surface area (Å²) in [5.74, 6) is 0.698. The summed E-state index contributed by atoms with van der Waals surface area (Å²) >= 11 is 0. The average molecular weight is 399 g/mol. The molecule has 4 nitrogen and oxygen atoms in total. The maximum atomic E-state index is 12.3. The Morgan fingerprint density at radius 1 is 0.840 bits per heavy atom. The van der Waals surface area contributed by atoms with Gasteiger partial charge in [0, 0.05) is 0 Å². The highest BCUT2D eigenvalue weighted by Crippen LogP contribution is 2.28. The summed E-state index contributed by atoms with van der Waals surface area (Å²) in [7, 11) is -5.32. The molecule has 1 unspecified atom stereocenters. The van der Waals surface area contributed by atoms with Crippen LogP contribution in [0.1, 0.15) is 18.1 Å². The zero-order valence-corrected chi connectivity index (χ0v) is 20.2. The molecule has 1 rings (SSSR count). The van der Waals surface area contributed by atoms with E-state index in [9.17, 15) is 4.79 Å². The van der Waals surface area contributed by atoms with Crippen molar-refractivity contribution in [3.63, 3.8) is 0 Å². The van der Waals surface area contributed by atoms with Crippen molar-refractivity contribution in [3.8, 4) is 5.75 Å². The minimum atomic E-state index is -1.89. The summed E-state index contributed by atoms with van der Waals surface area (Å²) in [6.45, 7) is 18.9. The van der Waals surface area contributed by atoms with Crippen LogP contribution >= 0.6 is 0 Å². The predicted octanol–water partition coefficient (Wildman–Crippen LogP) is 5.56. The van der Waals surface area contributed by atoms with Crippen LogP contribution in [-0.4, -0.2) is 30.9 Å². The third-order valence-electron chi connectivity index (χ3n) is 2.94. The van der Waals surface area contributed by atoms with Gasteiger partial charge in [-0.25, -0.2) is 0 Å². The fourth-order valence-electron chi connectivity index (χ4n) is 2.29. The average Bonchev–Trinajstić information content (AvgIpc) is 2.32. The molecule has 0 aromatic heterocycles. The number of benzene rings is 1. The monoisotopic (exact) mass is 398 g/mol. The largest absolute Gasteiger partial charge is 0.544 e. The van der Waals surface area contributed by atoms with E-state index in [0.717, 1.165) is 11.3 Å². The molecule has 142 valence electrons. The van der Waals surface area contributed by atoms with Crippen molar-refractivity contribution in [1.29, 1.82) is 0 Å². The summed E-state index contributed by atoms with van der Waals surface area (Å²) in [6, 6.07) is 7.94. The highest BCUT2D eigenvalue weighted by atomic mass is 28.4. The van der Waals surface area contributed by atoms with Crippen molar-refractivity contribution in [1.82, 2.24) is 0 Å². The van der Waals surface area contributed by atoms with Crippen molar-refractivity contribution in [3.05, 3.63) is 29.8 Å². The maximum absolute atomic E-state index is 12.3. The Morgan fingerprint density at radius 3 is 1.76 bits per heavy atom. The van der Waals surface area contributed by atoms with Gasteiger partial charge in [-0.3, -0.25) is 4.79 Å². The van der Waals surface area contributed by atoms with E-state index in [4.69, 9.17) is 13.3 Å². The summed E-state index contributed by atoms with van der Waals surface area (Å²) in [6.07, 6.45) is -0.0144. The SMILES string of the molecule is C[Si](C)(C)OC(=O)CC(O[Si](C)(C)C)c1ccc(O[Si](C)(C)C)cc1. The topological polar surface area (TPSA) is 44.8 Å². The second-order valence-electron chi connectivity index (χ2n) is 9.29. The van der Waals surface area contributed by atoms with Crippen LogP contribution in [0.4, 0.5) is 0 Å². The first-order valence-corrected chi connectivity index (χ1v) is 19.1. The van der Waals surface area contributed by atoms with E-state index in [1.165, 1.54) is 0 Å². The van der Waals surface area contributed by atoms with Gasteiger partial charge in [-0.2, -0.15) is 0 Å². The Morgan fingerprint density at radius 2 is 1.36 bits per heavy atom. The van der Waals surface area contributed by atoms with Gasteiger partial charge in [0.15, 0.2) is 8.32 Å². The van der Waals surface area contributed by atoms with Crippen LogP contribution < -0.4 is 4.43 Å². The van der Waals surface area contributed by atoms with Crippen molar-refractivity contribution in [2.45, 2.75) is 71.4 Å². The van der Waals surface area contributed by atoms with Gasteiger partial charge in [-0.05, 0) is 76.6 Å². The predicted molar refractivity (Wildman–Crippen MR) is 112 cm³/mol. The molecule has 0 saturated carbocycles. The van der Waals surface area contributed by atoms with Crippen molar-refractivity contribution < 1.29 is 18.1 Å². The summed E-state index contributed by atoms with van der Waals surface area (Å²) in [5, 5.41) is 0. The molecule has 7 heteroatoms. The van der Waals surface area contributed by atoms with E-state index < -0.39 is 25.0 Å². The van der Waals surface area contributed by atoms with E-state index in [-0.39, 0.29) is 18.5 Å². The van der Waals surface area contributed by atoms with Gasteiger partial charge in [0.05, 0.1) is 12.5 Å². The Labute approximate surface area is 156 Å². The van der Waals surface area contributed by atoms with Gasteiger partial charge < -0.3 is 13.3 Å². The van der Waals surface area contributed by atoms with Crippen molar-refractivity contribution in [2.75, 3.05) is 0 Å².